The molecule has 0 saturated carbocycles. The van der Waals surface area contributed by atoms with E-state index in [0.717, 1.165) is 18.4 Å². The van der Waals surface area contributed by atoms with Gasteiger partial charge < -0.3 is 5.32 Å². The van der Waals surface area contributed by atoms with Gasteiger partial charge in [-0.3, -0.25) is 9.52 Å². The summed E-state index contributed by atoms with van der Waals surface area (Å²) in [4.78, 5) is 12.6. The molecule has 0 aliphatic carbocycles. The lowest BCUT2D eigenvalue weighted by Crippen LogP contribution is -2.15. The maximum Gasteiger partial charge on any atom is 0.259 e. The number of carbonyl (C=O) groups is 1. The van der Waals surface area contributed by atoms with Crippen LogP contribution in [0.1, 0.15) is 16.1 Å². The third-order valence-corrected chi connectivity index (χ3v) is 4.45. The molecule has 146 valence electrons. The van der Waals surface area contributed by atoms with E-state index in [0.29, 0.717) is 5.69 Å². The molecule has 2 N–H and O–H groups in total. The zero-order valence-corrected chi connectivity index (χ0v) is 15.7. The van der Waals surface area contributed by atoms with E-state index >= 15 is 0 Å². The first-order valence-corrected chi connectivity index (χ1v) is 9.93. The number of rotatable bonds is 5. The highest BCUT2D eigenvalue weighted by atomic mass is 32.2. The summed E-state index contributed by atoms with van der Waals surface area (Å²) in [5.41, 5.74) is 0.666. The molecule has 0 atom stereocenters. The Bertz CT molecular complexity index is 1160. The van der Waals surface area contributed by atoms with E-state index in [2.05, 4.69) is 10.4 Å². The van der Waals surface area contributed by atoms with Crippen LogP contribution in [-0.2, 0) is 10.0 Å². The molecule has 28 heavy (non-hydrogen) atoms. The fourth-order valence-corrected chi connectivity index (χ4v) is 3.13. The number of carbonyl (C=O) groups excluding carboxylic acids is 1. The first-order valence-electron chi connectivity index (χ1n) is 8.04. The number of benzene rings is 2. The Labute approximate surface area is 160 Å². The van der Waals surface area contributed by atoms with Gasteiger partial charge in [0.2, 0.25) is 10.0 Å². The Balaban J connectivity index is 1.87. The van der Waals surface area contributed by atoms with Crippen LogP contribution >= 0.6 is 0 Å². The Hall–Kier alpha value is -3.27. The number of aromatic nitrogens is 2. The molecule has 10 heteroatoms. The summed E-state index contributed by atoms with van der Waals surface area (Å²) in [6.07, 6.45) is 2.18. The van der Waals surface area contributed by atoms with Crippen molar-refractivity contribution in [2.45, 2.75) is 6.92 Å². The van der Waals surface area contributed by atoms with Crippen molar-refractivity contribution in [3.63, 3.8) is 0 Å². The number of para-hydroxylation sites is 1. The summed E-state index contributed by atoms with van der Waals surface area (Å²) < 4.78 is 53.7. The molecule has 0 bridgehead atoms. The zero-order chi connectivity index (χ0) is 20.5. The average Bonchev–Trinajstić information content (AvgIpc) is 2.98. The van der Waals surface area contributed by atoms with Gasteiger partial charge in [0.15, 0.2) is 0 Å². The number of sulfonamides is 1. The number of halogens is 2. The summed E-state index contributed by atoms with van der Waals surface area (Å²) in [5, 5.41) is 6.60. The Morgan fingerprint density at radius 3 is 2.50 bits per heavy atom. The molecule has 1 aromatic heterocycles. The van der Waals surface area contributed by atoms with Crippen LogP contribution < -0.4 is 10.0 Å². The predicted octanol–water partition coefficient (Wildman–Crippen LogP) is 3.08. The third kappa shape index (κ3) is 4.17. The van der Waals surface area contributed by atoms with Crippen LogP contribution in [0.3, 0.4) is 0 Å². The average molecular weight is 406 g/mol. The summed E-state index contributed by atoms with van der Waals surface area (Å²) in [6, 6.07) is 9.47. The minimum absolute atomic E-state index is 0.176. The van der Waals surface area contributed by atoms with Crippen LogP contribution in [0, 0.1) is 18.6 Å². The monoisotopic (exact) mass is 406 g/mol. The largest absolute Gasteiger partial charge is 0.322 e. The molecule has 2 aromatic carbocycles. The zero-order valence-electron chi connectivity index (χ0n) is 14.9. The van der Waals surface area contributed by atoms with Crippen LogP contribution in [-0.4, -0.2) is 30.4 Å². The fraction of sp³-hybridized carbons (Fsp3) is 0.111. The lowest BCUT2D eigenvalue weighted by Gasteiger charge is -2.10. The van der Waals surface area contributed by atoms with Crippen molar-refractivity contribution in [3.05, 3.63) is 71.6 Å². The number of nitrogens with zero attached hydrogens (tertiary/aromatic N) is 2. The second-order valence-electron chi connectivity index (χ2n) is 6.03. The van der Waals surface area contributed by atoms with Crippen LogP contribution in [0.5, 0.6) is 0 Å². The van der Waals surface area contributed by atoms with Gasteiger partial charge in [-0.25, -0.2) is 21.9 Å². The number of hydrogen-bond donors (Lipinski definition) is 2. The van der Waals surface area contributed by atoms with Gasteiger partial charge in [0.25, 0.3) is 5.91 Å². The van der Waals surface area contributed by atoms with Gasteiger partial charge in [0, 0.05) is 5.69 Å². The van der Waals surface area contributed by atoms with Gasteiger partial charge in [-0.15, -0.1) is 0 Å². The van der Waals surface area contributed by atoms with Crippen molar-refractivity contribution >= 4 is 27.3 Å². The van der Waals surface area contributed by atoms with E-state index in [1.165, 1.54) is 29.1 Å². The summed E-state index contributed by atoms with van der Waals surface area (Å²) in [7, 11) is -3.69. The smallest absolute Gasteiger partial charge is 0.259 e. The van der Waals surface area contributed by atoms with E-state index in [1.54, 1.807) is 19.1 Å². The Morgan fingerprint density at radius 1 is 1.11 bits per heavy atom. The van der Waals surface area contributed by atoms with Crippen LogP contribution in [0.15, 0.2) is 48.7 Å². The molecule has 1 heterocycles. The van der Waals surface area contributed by atoms with Crippen molar-refractivity contribution in [1.29, 1.82) is 0 Å². The second-order valence-corrected chi connectivity index (χ2v) is 7.78. The van der Waals surface area contributed by atoms with E-state index in [-0.39, 0.29) is 22.6 Å². The molecule has 0 saturated heterocycles. The van der Waals surface area contributed by atoms with Gasteiger partial charge >= 0.3 is 0 Å². The minimum atomic E-state index is -3.69. The standard InChI is InChI=1S/C18H16F2N4O3S/c1-11-13(10-21-24(11)17-6-4-3-5-15(17)20)18(25)22-12-7-8-14(19)16(9-12)23-28(2,26)27/h3-10,23H,1-2H3,(H,22,25). The van der Waals surface area contributed by atoms with Crippen LogP contribution in [0.25, 0.3) is 5.69 Å². The van der Waals surface area contributed by atoms with E-state index in [4.69, 9.17) is 0 Å². The molecule has 0 radical (unpaired) electrons. The first-order chi connectivity index (χ1) is 13.2. The molecule has 7 nitrogen and oxygen atoms in total. The first kappa shape index (κ1) is 19.5. The molecule has 3 rings (SSSR count). The van der Waals surface area contributed by atoms with E-state index < -0.39 is 27.6 Å². The van der Waals surface area contributed by atoms with Crippen molar-refractivity contribution in [2.75, 3.05) is 16.3 Å². The summed E-state index contributed by atoms with van der Waals surface area (Å²) in [5.74, 6) is -1.83. The van der Waals surface area contributed by atoms with Crippen molar-refractivity contribution in [1.82, 2.24) is 9.78 Å². The number of hydrogen-bond acceptors (Lipinski definition) is 4. The van der Waals surface area contributed by atoms with Crippen molar-refractivity contribution in [3.8, 4) is 5.69 Å². The van der Waals surface area contributed by atoms with Gasteiger partial charge in [0.05, 0.1) is 29.4 Å². The molecule has 0 unspecified atom stereocenters. The third-order valence-electron chi connectivity index (χ3n) is 3.85. The molecule has 0 spiro atoms. The SMILES string of the molecule is Cc1c(C(=O)Nc2ccc(F)c(NS(C)(=O)=O)c2)cnn1-c1ccccc1F. The molecular weight excluding hydrogens is 390 g/mol. The maximum atomic E-state index is 14.0. The highest BCUT2D eigenvalue weighted by molar-refractivity contribution is 7.92. The lowest BCUT2D eigenvalue weighted by molar-refractivity contribution is 0.102. The van der Waals surface area contributed by atoms with Crippen molar-refractivity contribution in [2.24, 2.45) is 0 Å². The van der Waals surface area contributed by atoms with Gasteiger partial charge in [-0.05, 0) is 37.3 Å². The Morgan fingerprint density at radius 2 is 1.82 bits per heavy atom. The van der Waals surface area contributed by atoms with Crippen molar-refractivity contribution < 1.29 is 22.0 Å². The molecule has 0 aliphatic heterocycles. The lowest BCUT2D eigenvalue weighted by atomic mass is 10.2. The minimum Gasteiger partial charge on any atom is -0.322 e. The predicted molar refractivity (Wildman–Crippen MR) is 101 cm³/mol. The topological polar surface area (TPSA) is 93.1 Å². The highest BCUT2D eigenvalue weighted by Crippen LogP contribution is 2.22. The fourth-order valence-electron chi connectivity index (χ4n) is 2.58. The maximum absolute atomic E-state index is 14.0. The van der Waals surface area contributed by atoms with Gasteiger partial charge in [-0.1, -0.05) is 12.1 Å². The number of amides is 1. The molecular formula is C18H16F2N4O3S. The Kier molecular flexibility index (Phi) is 5.14. The number of nitrogens with one attached hydrogen (secondary N) is 2. The van der Waals surface area contributed by atoms with Gasteiger partial charge in [0.1, 0.15) is 17.3 Å². The molecule has 3 aromatic rings. The highest BCUT2D eigenvalue weighted by Gasteiger charge is 2.18. The summed E-state index contributed by atoms with van der Waals surface area (Å²) >= 11 is 0. The normalized spacial score (nSPS) is 11.3. The molecule has 1 amide bonds. The molecule has 0 aliphatic rings. The van der Waals surface area contributed by atoms with Crippen LogP contribution in [0.4, 0.5) is 20.2 Å². The quantitative estimate of drug-likeness (QED) is 0.681. The van der Waals surface area contributed by atoms with Crippen LogP contribution in [0.2, 0.25) is 0 Å². The van der Waals surface area contributed by atoms with E-state index in [1.807, 2.05) is 4.72 Å². The molecule has 0 fully saturated rings. The van der Waals surface area contributed by atoms with Gasteiger partial charge in [-0.2, -0.15) is 5.10 Å². The summed E-state index contributed by atoms with van der Waals surface area (Å²) in [6.45, 7) is 1.61. The number of anilines is 2. The second kappa shape index (κ2) is 7.39. The van der Waals surface area contributed by atoms with E-state index in [9.17, 15) is 22.0 Å².